The lowest BCUT2D eigenvalue weighted by Gasteiger charge is -2.32. The number of benzene rings is 2. The van der Waals surface area contributed by atoms with E-state index in [9.17, 15) is 9.59 Å². The van der Waals surface area contributed by atoms with Crippen molar-refractivity contribution in [1.82, 2.24) is 15.2 Å². The third-order valence-electron chi connectivity index (χ3n) is 6.38. The molecule has 2 amide bonds. The molecule has 0 spiro atoms. The zero-order valence-electron chi connectivity index (χ0n) is 18.3. The molecule has 0 bridgehead atoms. The second-order valence-corrected chi connectivity index (χ2v) is 8.29. The van der Waals surface area contributed by atoms with Crippen molar-refractivity contribution in [3.8, 4) is 5.75 Å². The van der Waals surface area contributed by atoms with Crippen LogP contribution in [0.1, 0.15) is 45.8 Å². The number of aryl methyl sites for hydroxylation is 2. The van der Waals surface area contributed by atoms with Gasteiger partial charge >= 0.3 is 0 Å². The average molecular weight is 420 g/mol. The first-order valence-corrected chi connectivity index (χ1v) is 10.7. The van der Waals surface area contributed by atoms with Gasteiger partial charge in [-0.1, -0.05) is 6.07 Å². The number of rotatable bonds is 5. The van der Waals surface area contributed by atoms with Crippen molar-refractivity contribution in [1.29, 1.82) is 0 Å². The topological polar surface area (TPSA) is 74.4 Å². The molecule has 6 heteroatoms. The monoisotopic (exact) mass is 419 g/mol. The summed E-state index contributed by atoms with van der Waals surface area (Å²) in [7, 11) is 1.68. The maximum atomic E-state index is 12.6. The molecule has 1 aliphatic heterocycles. The minimum atomic E-state index is -0.209. The van der Waals surface area contributed by atoms with E-state index in [1.165, 1.54) is 10.9 Å². The van der Waals surface area contributed by atoms with Gasteiger partial charge in [0.1, 0.15) is 5.75 Å². The molecule has 1 fully saturated rings. The number of carbonyl (C=O) groups excluding carboxylic acids is 2. The van der Waals surface area contributed by atoms with E-state index in [1.807, 2.05) is 43.0 Å². The van der Waals surface area contributed by atoms with E-state index in [4.69, 9.17) is 4.74 Å². The number of piperidine rings is 1. The molecule has 0 saturated carbocycles. The standard InChI is InChI=1S/C25H29N3O3/c1-16-4-5-19(12-17(16)2)25(30)27-15-24(29)28-10-8-18(9-11-28)22-14-26-23-7-6-20(31-3)13-21(22)23/h4-7,12-14,18,26H,8-11,15H2,1-3H3,(H,27,30). The number of nitrogens with one attached hydrogen (secondary N) is 2. The molecule has 0 unspecified atom stereocenters. The predicted octanol–water partition coefficient (Wildman–Crippen LogP) is 3.93. The van der Waals surface area contributed by atoms with Crippen LogP contribution in [0.3, 0.4) is 0 Å². The van der Waals surface area contributed by atoms with Crippen LogP contribution < -0.4 is 10.1 Å². The van der Waals surface area contributed by atoms with Crippen LogP contribution in [0.2, 0.25) is 0 Å². The van der Waals surface area contributed by atoms with Crippen molar-refractivity contribution in [3.05, 3.63) is 64.8 Å². The van der Waals surface area contributed by atoms with Gasteiger partial charge in [0.05, 0.1) is 13.7 Å². The van der Waals surface area contributed by atoms with Crippen molar-refractivity contribution in [3.63, 3.8) is 0 Å². The van der Waals surface area contributed by atoms with E-state index < -0.39 is 0 Å². The van der Waals surface area contributed by atoms with Crippen LogP contribution in [0, 0.1) is 13.8 Å². The molecule has 1 saturated heterocycles. The van der Waals surface area contributed by atoms with Crippen LogP contribution in [0.15, 0.2) is 42.6 Å². The molecule has 2 aromatic carbocycles. The number of carbonyl (C=O) groups is 2. The minimum absolute atomic E-state index is 0.0285. The summed E-state index contributed by atoms with van der Waals surface area (Å²) in [5.74, 6) is 1.01. The lowest BCUT2D eigenvalue weighted by molar-refractivity contribution is -0.131. The first-order valence-electron chi connectivity index (χ1n) is 10.7. The molecule has 0 aliphatic carbocycles. The van der Waals surface area contributed by atoms with Gasteiger partial charge in [-0.2, -0.15) is 0 Å². The van der Waals surface area contributed by atoms with Gasteiger partial charge in [-0.3, -0.25) is 9.59 Å². The van der Waals surface area contributed by atoms with Gasteiger partial charge in [0, 0.05) is 35.8 Å². The van der Waals surface area contributed by atoms with Crippen molar-refractivity contribution >= 4 is 22.7 Å². The van der Waals surface area contributed by atoms with Crippen LogP contribution in [-0.4, -0.2) is 48.4 Å². The third kappa shape index (κ3) is 4.43. The van der Waals surface area contributed by atoms with Gasteiger partial charge in [0.2, 0.25) is 5.91 Å². The normalized spacial score (nSPS) is 14.6. The van der Waals surface area contributed by atoms with E-state index >= 15 is 0 Å². The summed E-state index contributed by atoms with van der Waals surface area (Å²) < 4.78 is 5.37. The van der Waals surface area contributed by atoms with Gasteiger partial charge in [0.15, 0.2) is 0 Å². The second kappa shape index (κ2) is 8.84. The molecule has 0 radical (unpaired) electrons. The van der Waals surface area contributed by atoms with Gasteiger partial charge in [-0.15, -0.1) is 0 Å². The van der Waals surface area contributed by atoms with Crippen molar-refractivity contribution in [2.75, 3.05) is 26.7 Å². The van der Waals surface area contributed by atoms with E-state index in [-0.39, 0.29) is 18.4 Å². The van der Waals surface area contributed by atoms with Crippen LogP contribution in [0.25, 0.3) is 10.9 Å². The summed E-state index contributed by atoms with van der Waals surface area (Å²) in [5, 5.41) is 3.95. The Kier molecular flexibility index (Phi) is 5.98. The Hall–Kier alpha value is -3.28. The van der Waals surface area contributed by atoms with Gasteiger partial charge < -0.3 is 19.9 Å². The number of ether oxygens (including phenoxy) is 1. The van der Waals surface area contributed by atoms with E-state index in [0.717, 1.165) is 35.2 Å². The highest BCUT2D eigenvalue weighted by molar-refractivity contribution is 5.96. The summed E-state index contributed by atoms with van der Waals surface area (Å²) in [6, 6.07) is 11.6. The lowest BCUT2D eigenvalue weighted by Crippen LogP contribution is -2.43. The third-order valence-corrected chi connectivity index (χ3v) is 6.38. The number of fused-ring (bicyclic) bond motifs is 1. The van der Waals surface area contributed by atoms with E-state index in [0.29, 0.717) is 24.6 Å². The molecule has 3 aromatic rings. The quantitative estimate of drug-likeness (QED) is 0.658. The molecular weight excluding hydrogens is 390 g/mol. The summed E-state index contributed by atoms with van der Waals surface area (Å²) in [5.41, 5.74) is 5.18. The number of amides is 2. The Balaban J connectivity index is 1.33. The summed E-state index contributed by atoms with van der Waals surface area (Å²) in [4.78, 5) is 30.2. The summed E-state index contributed by atoms with van der Waals surface area (Å²) >= 11 is 0. The van der Waals surface area contributed by atoms with E-state index in [1.54, 1.807) is 13.2 Å². The van der Waals surface area contributed by atoms with Crippen molar-refractivity contribution < 1.29 is 14.3 Å². The fraction of sp³-hybridized carbons (Fsp3) is 0.360. The SMILES string of the molecule is COc1ccc2[nH]cc(C3CCN(C(=O)CNC(=O)c4ccc(C)c(C)c4)CC3)c2c1. The first-order chi connectivity index (χ1) is 15.0. The highest BCUT2D eigenvalue weighted by Gasteiger charge is 2.25. The molecular formula is C25H29N3O3. The van der Waals surface area contributed by atoms with E-state index in [2.05, 4.69) is 22.6 Å². The fourth-order valence-corrected chi connectivity index (χ4v) is 4.28. The Labute approximate surface area is 182 Å². The highest BCUT2D eigenvalue weighted by Crippen LogP contribution is 2.34. The Morgan fingerprint density at radius 1 is 1.10 bits per heavy atom. The van der Waals surface area contributed by atoms with Crippen molar-refractivity contribution in [2.45, 2.75) is 32.6 Å². The molecule has 4 rings (SSSR count). The molecule has 1 aromatic heterocycles. The average Bonchev–Trinajstić information content (AvgIpc) is 3.22. The number of hydrogen-bond acceptors (Lipinski definition) is 3. The maximum Gasteiger partial charge on any atom is 0.251 e. The van der Waals surface area contributed by atoms with Gasteiger partial charge in [0.25, 0.3) is 5.91 Å². The Morgan fingerprint density at radius 3 is 2.58 bits per heavy atom. The number of methoxy groups -OCH3 is 1. The van der Waals surface area contributed by atoms with Crippen LogP contribution in [0.5, 0.6) is 5.75 Å². The number of nitrogens with zero attached hydrogens (tertiary/aromatic N) is 1. The summed E-state index contributed by atoms with van der Waals surface area (Å²) in [6.07, 6.45) is 3.89. The molecule has 2 N–H and O–H groups in total. The van der Waals surface area contributed by atoms with Crippen LogP contribution >= 0.6 is 0 Å². The maximum absolute atomic E-state index is 12.6. The highest BCUT2D eigenvalue weighted by atomic mass is 16.5. The molecule has 0 atom stereocenters. The molecule has 162 valence electrons. The lowest BCUT2D eigenvalue weighted by atomic mass is 9.89. The number of aromatic nitrogens is 1. The zero-order valence-corrected chi connectivity index (χ0v) is 18.3. The molecule has 31 heavy (non-hydrogen) atoms. The summed E-state index contributed by atoms with van der Waals surface area (Å²) in [6.45, 7) is 5.40. The number of hydrogen-bond donors (Lipinski definition) is 2. The smallest absolute Gasteiger partial charge is 0.251 e. The minimum Gasteiger partial charge on any atom is -0.497 e. The molecule has 1 aliphatic rings. The number of aromatic amines is 1. The van der Waals surface area contributed by atoms with Gasteiger partial charge in [-0.25, -0.2) is 0 Å². The van der Waals surface area contributed by atoms with Crippen molar-refractivity contribution in [2.24, 2.45) is 0 Å². The number of H-pyrrole nitrogens is 1. The van der Waals surface area contributed by atoms with Gasteiger partial charge in [-0.05, 0) is 79.6 Å². The number of likely N-dealkylation sites (tertiary alicyclic amines) is 1. The largest absolute Gasteiger partial charge is 0.497 e. The fourth-order valence-electron chi connectivity index (χ4n) is 4.28. The van der Waals surface area contributed by atoms with Crippen LogP contribution in [-0.2, 0) is 4.79 Å². The Morgan fingerprint density at radius 2 is 1.87 bits per heavy atom. The Bertz CT molecular complexity index is 1110. The first kappa shape index (κ1) is 21.0. The van der Waals surface area contributed by atoms with Crippen LogP contribution in [0.4, 0.5) is 0 Å². The predicted molar refractivity (Wildman–Crippen MR) is 122 cm³/mol. The molecule has 6 nitrogen and oxygen atoms in total. The zero-order chi connectivity index (χ0) is 22.0. The molecule has 2 heterocycles. The second-order valence-electron chi connectivity index (χ2n) is 8.29.